The van der Waals surface area contributed by atoms with Gasteiger partial charge in [-0.2, -0.15) is 0 Å². The molecular weight excluding hydrogens is 162 g/mol. The molecule has 1 fully saturated rings. The Bertz CT molecular complexity index is 193. The number of Topliss-reactive ketones (excluding diaryl/α,β-unsaturated/α-hetero) is 1. The second kappa shape index (κ2) is 3.79. The maximum atomic E-state index is 11.9. The molecule has 2 atom stereocenters. The van der Waals surface area contributed by atoms with Gasteiger partial charge in [0, 0.05) is 17.4 Å². The van der Waals surface area contributed by atoms with E-state index in [4.69, 9.17) is 0 Å². The summed E-state index contributed by atoms with van der Waals surface area (Å²) in [5.74, 6) is 0.720. The van der Waals surface area contributed by atoms with Gasteiger partial charge in [-0.1, -0.05) is 20.8 Å². The highest BCUT2D eigenvalue weighted by Gasteiger charge is 2.31. The summed E-state index contributed by atoms with van der Waals surface area (Å²) in [6.45, 7) is 9.20. The Hall–Kier alpha value is -0.370. The third-order valence-corrected chi connectivity index (χ3v) is 2.73. The van der Waals surface area contributed by atoms with Crippen molar-refractivity contribution >= 4 is 5.78 Å². The molecule has 1 heterocycles. The third-order valence-electron chi connectivity index (χ3n) is 2.73. The molecule has 13 heavy (non-hydrogen) atoms. The summed E-state index contributed by atoms with van der Waals surface area (Å²) in [4.78, 5) is 11.9. The highest BCUT2D eigenvalue weighted by Crippen LogP contribution is 2.26. The zero-order valence-corrected chi connectivity index (χ0v) is 9.18. The van der Waals surface area contributed by atoms with Crippen LogP contribution in [0.3, 0.4) is 0 Å². The fraction of sp³-hybridized carbons (Fsp3) is 0.909. The van der Waals surface area contributed by atoms with Crippen LogP contribution in [0.4, 0.5) is 0 Å². The Morgan fingerprint density at radius 3 is 2.46 bits per heavy atom. The summed E-state index contributed by atoms with van der Waals surface area (Å²) in [6, 6.07) is 0.505. The molecule has 2 nitrogen and oxygen atoms in total. The largest absolute Gasteiger partial charge is 0.314 e. The number of hydrogen-bond acceptors (Lipinski definition) is 2. The number of rotatable bonds is 1. The molecule has 0 saturated carbocycles. The van der Waals surface area contributed by atoms with E-state index >= 15 is 0 Å². The van der Waals surface area contributed by atoms with Crippen LogP contribution in [0.15, 0.2) is 0 Å². The van der Waals surface area contributed by atoms with E-state index in [1.807, 2.05) is 20.8 Å². The molecule has 2 unspecified atom stereocenters. The van der Waals surface area contributed by atoms with Crippen LogP contribution in [0.5, 0.6) is 0 Å². The quantitative estimate of drug-likeness (QED) is 0.673. The summed E-state index contributed by atoms with van der Waals surface area (Å²) in [5.41, 5.74) is -0.165. The van der Waals surface area contributed by atoms with Crippen LogP contribution in [-0.4, -0.2) is 18.4 Å². The summed E-state index contributed by atoms with van der Waals surface area (Å²) in [7, 11) is 0. The molecule has 0 aromatic carbocycles. The predicted octanol–water partition coefficient (Wildman–Crippen LogP) is 1.99. The topological polar surface area (TPSA) is 29.1 Å². The van der Waals surface area contributed by atoms with Crippen molar-refractivity contribution in [3.63, 3.8) is 0 Å². The zero-order chi connectivity index (χ0) is 10.1. The van der Waals surface area contributed by atoms with Gasteiger partial charge in [0.25, 0.3) is 0 Å². The smallest absolute Gasteiger partial charge is 0.141 e. The summed E-state index contributed by atoms with van der Waals surface area (Å²) in [5, 5.41) is 3.37. The van der Waals surface area contributed by atoms with Crippen molar-refractivity contribution < 1.29 is 4.79 Å². The van der Waals surface area contributed by atoms with E-state index in [9.17, 15) is 4.79 Å². The van der Waals surface area contributed by atoms with Gasteiger partial charge in [-0.25, -0.2) is 0 Å². The Kier molecular flexibility index (Phi) is 3.12. The van der Waals surface area contributed by atoms with Crippen LogP contribution in [0.2, 0.25) is 0 Å². The van der Waals surface area contributed by atoms with Gasteiger partial charge in [-0.15, -0.1) is 0 Å². The first-order valence-corrected chi connectivity index (χ1v) is 5.19. The lowest BCUT2D eigenvalue weighted by Gasteiger charge is -2.31. The number of piperidine rings is 1. The predicted molar refractivity (Wildman–Crippen MR) is 54.7 cm³/mol. The normalized spacial score (nSPS) is 30.2. The maximum Gasteiger partial charge on any atom is 0.141 e. The molecule has 0 radical (unpaired) electrons. The molecule has 0 aromatic rings. The van der Waals surface area contributed by atoms with Gasteiger partial charge in [-0.05, 0) is 26.3 Å². The van der Waals surface area contributed by atoms with Crippen molar-refractivity contribution in [3.05, 3.63) is 0 Å². The second-order valence-corrected chi connectivity index (χ2v) is 5.19. The lowest BCUT2D eigenvalue weighted by atomic mass is 9.78. The Balaban J connectivity index is 2.56. The Morgan fingerprint density at radius 1 is 1.38 bits per heavy atom. The minimum Gasteiger partial charge on any atom is -0.314 e. The van der Waals surface area contributed by atoms with Gasteiger partial charge >= 0.3 is 0 Å². The maximum absolute atomic E-state index is 11.9. The van der Waals surface area contributed by atoms with Gasteiger partial charge in [0.2, 0.25) is 0 Å². The minimum absolute atomic E-state index is 0.165. The number of nitrogens with one attached hydrogen (secondary N) is 1. The molecule has 0 amide bonds. The van der Waals surface area contributed by atoms with E-state index in [0.29, 0.717) is 11.8 Å². The fourth-order valence-electron chi connectivity index (χ4n) is 1.98. The van der Waals surface area contributed by atoms with E-state index in [1.54, 1.807) is 0 Å². The first-order valence-electron chi connectivity index (χ1n) is 5.19. The second-order valence-electron chi connectivity index (χ2n) is 5.19. The first kappa shape index (κ1) is 10.7. The molecule has 1 N–H and O–H groups in total. The van der Waals surface area contributed by atoms with Gasteiger partial charge in [0.1, 0.15) is 5.78 Å². The standard InChI is InChI=1S/C11H21NO/c1-8-7-9(5-6-12-8)10(13)11(2,3)4/h8-9,12H,5-7H2,1-4H3. The van der Waals surface area contributed by atoms with Gasteiger partial charge < -0.3 is 5.32 Å². The van der Waals surface area contributed by atoms with Gasteiger partial charge in [0.05, 0.1) is 0 Å². The molecule has 0 bridgehead atoms. The molecular formula is C11H21NO. The van der Waals surface area contributed by atoms with Crippen LogP contribution in [0, 0.1) is 11.3 Å². The van der Waals surface area contributed by atoms with Crippen molar-refractivity contribution in [2.45, 2.75) is 46.6 Å². The van der Waals surface area contributed by atoms with Crippen LogP contribution in [0.1, 0.15) is 40.5 Å². The average molecular weight is 183 g/mol. The van der Waals surface area contributed by atoms with Crippen molar-refractivity contribution in [2.75, 3.05) is 6.54 Å². The number of ketones is 1. The molecule has 1 aliphatic heterocycles. The zero-order valence-electron chi connectivity index (χ0n) is 9.18. The van der Waals surface area contributed by atoms with Crippen LogP contribution in [-0.2, 0) is 4.79 Å². The van der Waals surface area contributed by atoms with E-state index < -0.39 is 0 Å². The SMILES string of the molecule is CC1CC(C(=O)C(C)(C)C)CCN1. The molecule has 76 valence electrons. The van der Waals surface area contributed by atoms with Crippen molar-refractivity contribution in [3.8, 4) is 0 Å². The summed E-state index contributed by atoms with van der Waals surface area (Å²) in [6.07, 6.45) is 2.02. The van der Waals surface area contributed by atoms with Crippen LogP contribution >= 0.6 is 0 Å². The highest BCUT2D eigenvalue weighted by molar-refractivity contribution is 5.86. The van der Waals surface area contributed by atoms with E-state index in [-0.39, 0.29) is 11.3 Å². The van der Waals surface area contributed by atoms with Crippen LogP contribution in [0.25, 0.3) is 0 Å². The molecule has 2 heteroatoms. The van der Waals surface area contributed by atoms with Crippen molar-refractivity contribution in [2.24, 2.45) is 11.3 Å². The summed E-state index contributed by atoms with van der Waals surface area (Å²) >= 11 is 0. The molecule has 0 aliphatic carbocycles. The van der Waals surface area contributed by atoms with Crippen LogP contribution < -0.4 is 5.32 Å². The lowest BCUT2D eigenvalue weighted by molar-refractivity contribution is -0.131. The van der Waals surface area contributed by atoms with Crippen molar-refractivity contribution in [1.29, 1.82) is 0 Å². The monoisotopic (exact) mass is 183 g/mol. The molecule has 1 aliphatic rings. The highest BCUT2D eigenvalue weighted by atomic mass is 16.1. The minimum atomic E-state index is -0.165. The Labute approximate surface area is 81.1 Å². The number of hydrogen-bond donors (Lipinski definition) is 1. The fourth-order valence-corrected chi connectivity index (χ4v) is 1.98. The molecule has 0 aromatic heterocycles. The molecule has 1 saturated heterocycles. The first-order chi connectivity index (χ1) is 5.91. The Morgan fingerprint density at radius 2 is 2.00 bits per heavy atom. The van der Waals surface area contributed by atoms with E-state index in [0.717, 1.165) is 19.4 Å². The van der Waals surface area contributed by atoms with Gasteiger partial charge in [0.15, 0.2) is 0 Å². The van der Waals surface area contributed by atoms with E-state index in [1.165, 1.54) is 0 Å². The third kappa shape index (κ3) is 2.80. The van der Waals surface area contributed by atoms with Crippen molar-refractivity contribution in [1.82, 2.24) is 5.32 Å². The van der Waals surface area contributed by atoms with E-state index in [2.05, 4.69) is 12.2 Å². The lowest BCUT2D eigenvalue weighted by Crippen LogP contribution is -2.41. The number of carbonyl (C=O) groups is 1. The molecule has 0 spiro atoms. The molecule has 1 rings (SSSR count). The number of carbonyl (C=O) groups excluding carboxylic acids is 1. The average Bonchev–Trinajstić information content (AvgIpc) is 2.01. The van der Waals surface area contributed by atoms with Gasteiger partial charge in [-0.3, -0.25) is 4.79 Å². The summed E-state index contributed by atoms with van der Waals surface area (Å²) < 4.78 is 0.